The van der Waals surface area contributed by atoms with Gasteiger partial charge in [0.25, 0.3) is 11.5 Å². The average molecular weight is 442 g/mol. The second-order valence-corrected chi connectivity index (χ2v) is 6.95. The Morgan fingerprint density at radius 3 is 2.63 bits per heavy atom. The van der Waals surface area contributed by atoms with E-state index in [0.29, 0.717) is 21.6 Å². The fourth-order valence-electron chi connectivity index (χ4n) is 2.97. The van der Waals surface area contributed by atoms with Crippen molar-refractivity contribution in [1.29, 1.82) is 0 Å². The van der Waals surface area contributed by atoms with Gasteiger partial charge in [-0.3, -0.25) is 9.59 Å². The van der Waals surface area contributed by atoms with Gasteiger partial charge in [0, 0.05) is 22.3 Å². The molecule has 30 heavy (non-hydrogen) atoms. The van der Waals surface area contributed by atoms with Crippen LogP contribution in [0.1, 0.15) is 5.56 Å². The maximum Gasteiger partial charge on any atom is 0.290 e. The molecular weight excluding hydrogens is 425 g/mol. The van der Waals surface area contributed by atoms with E-state index in [2.05, 4.69) is 15.6 Å². The van der Waals surface area contributed by atoms with Gasteiger partial charge in [0.15, 0.2) is 12.4 Å². The molecule has 0 aliphatic heterocycles. The number of nitrogens with zero attached hydrogens (tertiary/aromatic N) is 4. The third kappa shape index (κ3) is 5.00. The van der Waals surface area contributed by atoms with Crippen LogP contribution in [0, 0.1) is 0 Å². The van der Waals surface area contributed by atoms with Crippen LogP contribution >= 0.6 is 11.6 Å². The molecule has 0 saturated carbocycles. The lowest BCUT2D eigenvalue weighted by Crippen LogP contribution is -3.00. The zero-order valence-corrected chi connectivity index (χ0v) is 17.2. The number of pyridine rings is 1. The molecule has 9 heteroatoms. The minimum absolute atomic E-state index is 0. The van der Waals surface area contributed by atoms with E-state index in [1.807, 2.05) is 24.4 Å². The second-order valence-electron chi connectivity index (χ2n) is 6.51. The molecule has 1 amide bonds. The molecule has 2 aromatic carbocycles. The summed E-state index contributed by atoms with van der Waals surface area (Å²) in [6.07, 6.45) is 3.60. The van der Waals surface area contributed by atoms with Gasteiger partial charge in [0.2, 0.25) is 6.54 Å². The predicted octanol–water partition coefficient (Wildman–Crippen LogP) is -0.577. The monoisotopic (exact) mass is 441 g/mol. The van der Waals surface area contributed by atoms with Crippen LogP contribution in [0.4, 0.5) is 5.69 Å². The van der Waals surface area contributed by atoms with Crippen molar-refractivity contribution in [2.24, 2.45) is 0 Å². The van der Waals surface area contributed by atoms with Crippen LogP contribution in [0.5, 0.6) is 0 Å². The molecule has 4 rings (SSSR count). The summed E-state index contributed by atoms with van der Waals surface area (Å²) in [6.45, 7) is 0.394. The van der Waals surface area contributed by atoms with Crippen LogP contribution < -0.4 is 27.9 Å². The highest BCUT2D eigenvalue weighted by Gasteiger charge is 2.12. The fraction of sp³-hybridized carbons (Fsp3) is 0.0952. The molecule has 0 unspecified atom stereocenters. The first-order valence-electron chi connectivity index (χ1n) is 8.94. The summed E-state index contributed by atoms with van der Waals surface area (Å²) < 4.78 is 3.07. The summed E-state index contributed by atoms with van der Waals surface area (Å²) in [7, 11) is 0. The third-order valence-electron chi connectivity index (χ3n) is 4.34. The highest BCUT2D eigenvalue weighted by Crippen LogP contribution is 2.13. The Morgan fingerprint density at radius 2 is 1.83 bits per heavy atom. The summed E-state index contributed by atoms with van der Waals surface area (Å²) in [5, 5.41) is 12.1. The summed E-state index contributed by atoms with van der Waals surface area (Å²) >= 11 is 5.85. The van der Waals surface area contributed by atoms with E-state index in [1.165, 1.54) is 4.68 Å². The number of hydrogen-bond acceptors (Lipinski definition) is 4. The van der Waals surface area contributed by atoms with Crippen molar-refractivity contribution in [3.63, 3.8) is 0 Å². The van der Waals surface area contributed by atoms with Crippen LogP contribution in [0.15, 0.2) is 77.9 Å². The number of hydrogen-bond donors (Lipinski definition) is 1. The number of nitrogens with one attached hydrogen (secondary N) is 1. The molecule has 0 aliphatic carbocycles. The van der Waals surface area contributed by atoms with Crippen molar-refractivity contribution in [1.82, 2.24) is 15.0 Å². The zero-order chi connectivity index (χ0) is 20.2. The highest BCUT2D eigenvalue weighted by atomic mass is 35.5. The molecule has 0 bridgehead atoms. The summed E-state index contributed by atoms with van der Waals surface area (Å²) in [4.78, 5) is 24.9. The lowest BCUT2D eigenvalue weighted by atomic mass is 10.2. The number of amides is 1. The molecule has 0 fully saturated rings. The summed E-state index contributed by atoms with van der Waals surface area (Å²) in [5.74, 6) is -0.169. The van der Waals surface area contributed by atoms with E-state index in [9.17, 15) is 9.59 Å². The highest BCUT2D eigenvalue weighted by molar-refractivity contribution is 6.30. The molecule has 0 radical (unpaired) electrons. The van der Waals surface area contributed by atoms with E-state index in [4.69, 9.17) is 11.6 Å². The number of aromatic nitrogens is 4. The van der Waals surface area contributed by atoms with Crippen LogP contribution in [0.3, 0.4) is 0 Å². The summed E-state index contributed by atoms with van der Waals surface area (Å²) in [6, 6.07) is 17.7. The van der Waals surface area contributed by atoms with Gasteiger partial charge < -0.3 is 17.7 Å². The normalized spacial score (nSPS) is 10.4. The molecule has 7 nitrogen and oxygen atoms in total. The number of fused-ring (bicyclic) bond motifs is 1. The molecule has 0 aliphatic rings. The van der Waals surface area contributed by atoms with Crippen molar-refractivity contribution < 1.29 is 21.8 Å². The number of benzene rings is 2. The Balaban J connectivity index is 0.00000256. The minimum Gasteiger partial charge on any atom is -1.00 e. The Labute approximate surface area is 183 Å². The van der Waals surface area contributed by atoms with Gasteiger partial charge in [-0.15, -0.1) is 5.10 Å². The Kier molecular flexibility index (Phi) is 6.76. The first-order valence-corrected chi connectivity index (χ1v) is 9.32. The third-order valence-corrected chi connectivity index (χ3v) is 4.59. The molecule has 4 aromatic rings. The largest absolute Gasteiger partial charge is 1.00 e. The Morgan fingerprint density at radius 1 is 1.07 bits per heavy atom. The fourth-order valence-corrected chi connectivity index (χ4v) is 3.09. The first-order chi connectivity index (χ1) is 14.1. The molecule has 0 saturated heterocycles. The Bertz CT molecular complexity index is 1240. The molecule has 0 spiro atoms. The van der Waals surface area contributed by atoms with Crippen molar-refractivity contribution in [2.45, 2.75) is 13.1 Å². The average Bonchev–Trinajstić information content (AvgIpc) is 2.72. The smallest absolute Gasteiger partial charge is 0.290 e. The van der Waals surface area contributed by atoms with Crippen molar-refractivity contribution in [2.75, 3.05) is 5.32 Å². The molecule has 2 heterocycles. The first kappa shape index (κ1) is 21.4. The van der Waals surface area contributed by atoms with Gasteiger partial charge in [-0.2, -0.15) is 4.57 Å². The maximum atomic E-state index is 12.6. The van der Waals surface area contributed by atoms with Gasteiger partial charge in [-0.05, 0) is 42.5 Å². The summed E-state index contributed by atoms with van der Waals surface area (Å²) in [5.41, 5.74) is 1.87. The number of halogens is 2. The quantitative estimate of drug-likeness (QED) is 0.420. The topological polar surface area (TPSA) is 80.8 Å². The van der Waals surface area contributed by atoms with Crippen LogP contribution in [-0.4, -0.2) is 20.9 Å². The zero-order valence-electron chi connectivity index (χ0n) is 15.7. The van der Waals surface area contributed by atoms with Crippen molar-refractivity contribution in [3.8, 4) is 0 Å². The number of anilines is 1. The lowest BCUT2D eigenvalue weighted by Gasteiger charge is -2.05. The molecule has 152 valence electrons. The molecular formula is C21H17Cl2N5O2. The molecule has 0 atom stereocenters. The molecule has 1 N–H and O–H groups in total. The van der Waals surface area contributed by atoms with E-state index >= 15 is 0 Å². The SMILES string of the molecule is O=C(C[n+]1cccc(Cn2nnc3ccccc3c2=O)c1)Nc1ccc(Cl)cc1.[Cl-]. The van der Waals surface area contributed by atoms with Crippen LogP contribution in [0.25, 0.3) is 10.9 Å². The van der Waals surface area contributed by atoms with Gasteiger partial charge in [-0.1, -0.05) is 28.9 Å². The Hall–Kier alpha value is -3.29. The van der Waals surface area contributed by atoms with Crippen molar-refractivity contribution >= 4 is 34.1 Å². The van der Waals surface area contributed by atoms with E-state index in [0.717, 1.165) is 5.56 Å². The van der Waals surface area contributed by atoms with Gasteiger partial charge in [0.1, 0.15) is 5.52 Å². The van der Waals surface area contributed by atoms with E-state index < -0.39 is 0 Å². The maximum absolute atomic E-state index is 12.6. The van der Waals surface area contributed by atoms with E-state index in [-0.39, 0.29) is 37.0 Å². The number of carbonyl (C=O) groups is 1. The van der Waals surface area contributed by atoms with Crippen molar-refractivity contribution in [3.05, 3.63) is 94.0 Å². The van der Waals surface area contributed by atoms with Gasteiger partial charge >= 0.3 is 0 Å². The van der Waals surface area contributed by atoms with Crippen LogP contribution in [-0.2, 0) is 17.9 Å². The predicted molar refractivity (Wildman–Crippen MR) is 110 cm³/mol. The van der Waals surface area contributed by atoms with Crippen LogP contribution in [0.2, 0.25) is 5.02 Å². The number of carbonyl (C=O) groups excluding carboxylic acids is 1. The number of rotatable bonds is 5. The minimum atomic E-state index is -0.202. The molecule has 2 aromatic heterocycles. The lowest BCUT2D eigenvalue weighted by molar-refractivity contribution is -0.684. The van der Waals surface area contributed by atoms with E-state index in [1.54, 1.807) is 53.2 Å². The van der Waals surface area contributed by atoms with Gasteiger partial charge in [-0.25, -0.2) is 4.68 Å². The standard InChI is InChI=1S/C21H16ClN5O2.ClH/c22-16-7-9-17(10-8-16)23-20(28)14-26-11-3-4-15(12-26)13-27-21(29)18-5-1-2-6-19(18)24-25-27;/h1-12H,13-14H2;1H. The van der Waals surface area contributed by atoms with Gasteiger partial charge in [0.05, 0.1) is 11.9 Å². The second kappa shape index (κ2) is 9.47.